The molecule has 154 valence electrons. The van der Waals surface area contributed by atoms with Crippen LogP contribution in [0.3, 0.4) is 0 Å². The van der Waals surface area contributed by atoms with Crippen LogP contribution in [0.2, 0.25) is 0 Å². The van der Waals surface area contributed by atoms with E-state index in [4.69, 9.17) is 0 Å². The van der Waals surface area contributed by atoms with Crippen molar-refractivity contribution in [2.24, 2.45) is 0 Å². The van der Waals surface area contributed by atoms with Crippen LogP contribution in [0.5, 0.6) is 0 Å². The molecule has 2 rings (SSSR count). The summed E-state index contributed by atoms with van der Waals surface area (Å²) in [5.41, 5.74) is 0. The van der Waals surface area contributed by atoms with E-state index in [-0.39, 0.29) is 43.5 Å². The SMILES string of the molecule is CC[C@H](C)NCC(=O)NC(=O)CN(C(=O)CNCCN1CCCC1)C1CC1. The minimum absolute atomic E-state index is 0.0492. The summed E-state index contributed by atoms with van der Waals surface area (Å²) in [7, 11) is 0. The first-order valence-electron chi connectivity index (χ1n) is 10.3. The molecular weight excluding hydrogens is 346 g/mol. The second-order valence-electron chi connectivity index (χ2n) is 7.64. The number of rotatable bonds is 12. The number of carbonyl (C=O) groups excluding carboxylic acids is 3. The molecule has 1 aliphatic heterocycles. The van der Waals surface area contributed by atoms with Crippen molar-refractivity contribution >= 4 is 17.7 Å². The number of nitrogens with zero attached hydrogens (tertiary/aromatic N) is 2. The van der Waals surface area contributed by atoms with E-state index in [9.17, 15) is 14.4 Å². The Morgan fingerprint density at radius 1 is 1.11 bits per heavy atom. The highest BCUT2D eigenvalue weighted by molar-refractivity contribution is 5.98. The molecule has 1 saturated carbocycles. The van der Waals surface area contributed by atoms with Gasteiger partial charge in [-0.3, -0.25) is 19.7 Å². The summed E-state index contributed by atoms with van der Waals surface area (Å²) in [4.78, 5) is 40.4. The topological polar surface area (TPSA) is 93.8 Å². The monoisotopic (exact) mass is 381 g/mol. The summed E-state index contributed by atoms with van der Waals surface area (Å²) in [6.07, 6.45) is 5.28. The van der Waals surface area contributed by atoms with E-state index in [0.717, 1.165) is 45.4 Å². The molecule has 0 bridgehead atoms. The van der Waals surface area contributed by atoms with Crippen molar-refractivity contribution < 1.29 is 14.4 Å². The van der Waals surface area contributed by atoms with Gasteiger partial charge >= 0.3 is 0 Å². The van der Waals surface area contributed by atoms with Crippen molar-refractivity contribution in [2.75, 3.05) is 45.8 Å². The molecule has 1 saturated heterocycles. The number of amides is 3. The molecule has 2 fully saturated rings. The molecule has 0 aromatic rings. The number of hydrogen-bond acceptors (Lipinski definition) is 6. The third-order valence-electron chi connectivity index (χ3n) is 5.20. The van der Waals surface area contributed by atoms with Gasteiger partial charge in [0.15, 0.2) is 0 Å². The van der Waals surface area contributed by atoms with E-state index in [0.29, 0.717) is 0 Å². The van der Waals surface area contributed by atoms with Crippen LogP contribution in [0, 0.1) is 0 Å². The maximum absolute atomic E-state index is 12.5. The largest absolute Gasteiger partial charge is 0.329 e. The molecule has 2 aliphatic rings. The van der Waals surface area contributed by atoms with E-state index in [1.54, 1.807) is 4.90 Å². The van der Waals surface area contributed by atoms with Gasteiger partial charge < -0.3 is 20.4 Å². The fraction of sp³-hybridized carbons (Fsp3) is 0.842. The highest BCUT2D eigenvalue weighted by atomic mass is 16.2. The van der Waals surface area contributed by atoms with Crippen molar-refractivity contribution in [1.82, 2.24) is 25.8 Å². The predicted molar refractivity (Wildman–Crippen MR) is 104 cm³/mol. The molecule has 8 nitrogen and oxygen atoms in total. The van der Waals surface area contributed by atoms with Gasteiger partial charge in [0.05, 0.1) is 13.1 Å². The summed E-state index contributed by atoms with van der Waals surface area (Å²) in [5.74, 6) is -0.838. The molecular formula is C19H35N5O3. The average molecular weight is 382 g/mol. The zero-order valence-electron chi connectivity index (χ0n) is 16.8. The first-order chi connectivity index (χ1) is 13.0. The molecule has 0 spiro atoms. The van der Waals surface area contributed by atoms with Gasteiger partial charge in [0.1, 0.15) is 6.54 Å². The summed E-state index contributed by atoms with van der Waals surface area (Å²) < 4.78 is 0. The minimum atomic E-state index is -0.414. The van der Waals surface area contributed by atoms with Crippen molar-refractivity contribution in [1.29, 1.82) is 0 Å². The second kappa shape index (κ2) is 11.4. The highest BCUT2D eigenvalue weighted by Gasteiger charge is 2.33. The smallest absolute Gasteiger partial charge is 0.246 e. The van der Waals surface area contributed by atoms with Gasteiger partial charge in [-0.05, 0) is 52.1 Å². The molecule has 3 amide bonds. The van der Waals surface area contributed by atoms with Gasteiger partial charge in [-0.25, -0.2) is 0 Å². The van der Waals surface area contributed by atoms with E-state index in [1.807, 2.05) is 13.8 Å². The lowest BCUT2D eigenvalue weighted by atomic mass is 10.2. The number of hydrogen-bond donors (Lipinski definition) is 3. The van der Waals surface area contributed by atoms with Crippen LogP contribution in [0.25, 0.3) is 0 Å². The van der Waals surface area contributed by atoms with E-state index < -0.39 is 5.91 Å². The third kappa shape index (κ3) is 8.36. The lowest BCUT2D eigenvalue weighted by molar-refractivity contribution is -0.138. The summed E-state index contributed by atoms with van der Waals surface area (Å²) >= 11 is 0. The Kier molecular flexibility index (Phi) is 9.17. The lowest BCUT2D eigenvalue weighted by Crippen LogP contribution is -2.48. The van der Waals surface area contributed by atoms with Gasteiger partial charge in [0.25, 0.3) is 0 Å². The summed E-state index contributed by atoms with van der Waals surface area (Å²) in [6, 6.07) is 0.360. The van der Waals surface area contributed by atoms with Gasteiger partial charge in [-0.2, -0.15) is 0 Å². The number of imide groups is 1. The van der Waals surface area contributed by atoms with E-state index >= 15 is 0 Å². The molecule has 3 N–H and O–H groups in total. The first-order valence-corrected chi connectivity index (χ1v) is 10.3. The Bertz CT molecular complexity index is 504. The molecule has 1 atom stereocenters. The van der Waals surface area contributed by atoms with E-state index in [1.165, 1.54) is 12.8 Å². The van der Waals surface area contributed by atoms with Crippen molar-refractivity contribution in [3.8, 4) is 0 Å². The quantitative estimate of drug-likeness (QED) is 0.402. The van der Waals surface area contributed by atoms with Crippen LogP contribution in [0.4, 0.5) is 0 Å². The van der Waals surface area contributed by atoms with Gasteiger partial charge in [-0.1, -0.05) is 6.92 Å². The number of carbonyl (C=O) groups is 3. The maximum Gasteiger partial charge on any atom is 0.246 e. The molecule has 0 radical (unpaired) electrons. The molecule has 27 heavy (non-hydrogen) atoms. The lowest BCUT2D eigenvalue weighted by Gasteiger charge is -2.22. The summed E-state index contributed by atoms with van der Waals surface area (Å²) in [6.45, 7) is 8.32. The van der Waals surface area contributed by atoms with Gasteiger partial charge in [0, 0.05) is 25.2 Å². The molecule has 0 aromatic carbocycles. The van der Waals surface area contributed by atoms with Crippen LogP contribution in [-0.4, -0.2) is 85.4 Å². The molecule has 8 heteroatoms. The van der Waals surface area contributed by atoms with Crippen LogP contribution in [0.1, 0.15) is 46.0 Å². The predicted octanol–water partition coefficient (Wildman–Crippen LogP) is -0.306. The standard InChI is InChI=1S/C19H35N5O3/c1-3-15(2)21-12-17(25)22-18(26)14-24(16-6-7-16)19(27)13-20-8-11-23-9-4-5-10-23/h15-16,20-21H,3-14H2,1-2H3,(H,22,25,26)/t15-/m0/s1. The zero-order valence-corrected chi connectivity index (χ0v) is 16.8. The third-order valence-corrected chi connectivity index (χ3v) is 5.20. The number of likely N-dealkylation sites (tertiary alicyclic amines) is 1. The molecule has 0 aromatic heterocycles. The Morgan fingerprint density at radius 3 is 2.44 bits per heavy atom. The highest BCUT2D eigenvalue weighted by Crippen LogP contribution is 2.26. The van der Waals surface area contributed by atoms with Crippen LogP contribution in [-0.2, 0) is 14.4 Å². The second-order valence-corrected chi connectivity index (χ2v) is 7.64. The minimum Gasteiger partial charge on any atom is -0.329 e. The van der Waals surface area contributed by atoms with Crippen molar-refractivity contribution in [2.45, 2.75) is 58.0 Å². The number of nitrogens with one attached hydrogen (secondary N) is 3. The molecule has 1 aliphatic carbocycles. The fourth-order valence-electron chi connectivity index (χ4n) is 3.15. The molecule has 1 heterocycles. The van der Waals surface area contributed by atoms with Crippen LogP contribution < -0.4 is 16.0 Å². The van der Waals surface area contributed by atoms with Gasteiger partial charge in [-0.15, -0.1) is 0 Å². The fourth-order valence-corrected chi connectivity index (χ4v) is 3.15. The van der Waals surface area contributed by atoms with Gasteiger partial charge in [0.2, 0.25) is 17.7 Å². The van der Waals surface area contributed by atoms with Crippen LogP contribution in [0.15, 0.2) is 0 Å². The van der Waals surface area contributed by atoms with Crippen LogP contribution >= 0.6 is 0 Å². The summed E-state index contributed by atoms with van der Waals surface area (Å²) in [5, 5.41) is 8.60. The maximum atomic E-state index is 12.5. The normalized spacial score (nSPS) is 18.3. The Morgan fingerprint density at radius 2 is 1.81 bits per heavy atom. The molecule has 0 unspecified atom stereocenters. The Hall–Kier alpha value is -1.51. The Labute approximate surface area is 162 Å². The average Bonchev–Trinajstić information content (AvgIpc) is 3.36. The van der Waals surface area contributed by atoms with E-state index in [2.05, 4.69) is 20.9 Å². The van der Waals surface area contributed by atoms with Crippen molar-refractivity contribution in [3.05, 3.63) is 0 Å². The first kappa shape index (κ1) is 21.8. The Balaban J connectivity index is 1.66. The zero-order chi connectivity index (χ0) is 19.6. The van der Waals surface area contributed by atoms with Crippen molar-refractivity contribution in [3.63, 3.8) is 0 Å².